The number of fused-ring (bicyclic) bond motifs is 1. The molecule has 0 spiro atoms. The molecule has 2 heterocycles. The molecule has 4 aromatic rings. The van der Waals surface area contributed by atoms with Gasteiger partial charge in [-0.15, -0.1) is 4.57 Å². The highest BCUT2D eigenvalue weighted by atomic mass is 79.9. The predicted octanol–water partition coefficient (Wildman–Crippen LogP) is 4.84. The SMILES string of the molecule is Cc1cc2nc(COc3cc(Cl)ccc3NC(=O)c3cccc(Br)c3)cc(=O)n2o1. The van der Waals surface area contributed by atoms with E-state index in [1.807, 2.05) is 6.07 Å². The number of carbonyl (C=O) groups excluding carboxylic acids is 1. The van der Waals surface area contributed by atoms with Crippen LogP contribution < -0.4 is 15.6 Å². The summed E-state index contributed by atoms with van der Waals surface area (Å²) in [5, 5.41) is 3.26. The second-order valence-electron chi connectivity index (χ2n) is 6.48. The smallest absolute Gasteiger partial charge is 0.287 e. The Hall–Kier alpha value is -3.10. The highest BCUT2D eigenvalue weighted by Gasteiger charge is 2.13. The first-order valence-electron chi connectivity index (χ1n) is 8.88. The molecule has 0 unspecified atom stereocenters. The van der Waals surface area contributed by atoms with Crippen molar-refractivity contribution >= 4 is 44.8 Å². The molecule has 1 amide bonds. The van der Waals surface area contributed by atoms with E-state index in [-0.39, 0.29) is 18.1 Å². The number of ether oxygens (including phenoxy) is 1. The van der Waals surface area contributed by atoms with Crippen molar-refractivity contribution in [1.82, 2.24) is 9.56 Å². The van der Waals surface area contributed by atoms with Crippen LogP contribution in [0.1, 0.15) is 21.8 Å². The summed E-state index contributed by atoms with van der Waals surface area (Å²) in [7, 11) is 0. The molecule has 0 aliphatic rings. The summed E-state index contributed by atoms with van der Waals surface area (Å²) in [6.07, 6.45) is 0. The third-order valence-electron chi connectivity index (χ3n) is 4.18. The Morgan fingerprint density at radius 3 is 2.87 bits per heavy atom. The van der Waals surface area contributed by atoms with Crippen molar-refractivity contribution in [1.29, 1.82) is 0 Å². The quantitative estimate of drug-likeness (QED) is 0.434. The molecule has 0 radical (unpaired) electrons. The summed E-state index contributed by atoms with van der Waals surface area (Å²) in [5.41, 5.74) is 1.40. The van der Waals surface area contributed by atoms with E-state index < -0.39 is 0 Å². The number of aryl methyl sites for hydroxylation is 1. The van der Waals surface area contributed by atoms with Gasteiger partial charge in [0.2, 0.25) is 0 Å². The fourth-order valence-electron chi connectivity index (χ4n) is 2.84. The molecule has 2 aromatic carbocycles. The molecule has 0 bridgehead atoms. The number of halogens is 2. The van der Waals surface area contributed by atoms with Crippen LogP contribution in [0.2, 0.25) is 5.02 Å². The average molecular weight is 489 g/mol. The van der Waals surface area contributed by atoms with Crippen molar-refractivity contribution in [3.63, 3.8) is 0 Å². The minimum absolute atomic E-state index is 0.00999. The monoisotopic (exact) mass is 487 g/mol. The van der Waals surface area contributed by atoms with Gasteiger partial charge in [0, 0.05) is 33.3 Å². The number of amides is 1. The molecule has 152 valence electrons. The lowest BCUT2D eigenvalue weighted by Crippen LogP contribution is -2.15. The third kappa shape index (κ3) is 4.39. The largest absolute Gasteiger partial charge is 0.485 e. The van der Waals surface area contributed by atoms with Crippen molar-refractivity contribution in [3.05, 3.63) is 91.5 Å². The zero-order valence-electron chi connectivity index (χ0n) is 15.7. The Balaban J connectivity index is 1.56. The van der Waals surface area contributed by atoms with Gasteiger partial charge in [0.15, 0.2) is 5.65 Å². The Labute approximate surface area is 184 Å². The Bertz CT molecular complexity index is 1320. The molecule has 7 nitrogen and oxygen atoms in total. The van der Waals surface area contributed by atoms with Crippen LogP contribution in [0.25, 0.3) is 5.65 Å². The molecule has 0 saturated heterocycles. The van der Waals surface area contributed by atoms with Gasteiger partial charge in [-0.3, -0.25) is 9.59 Å². The van der Waals surface area contributed by atoms with E-state index >= 15 is 0 Å². The zero-order chi connectivity index (χ0) is 21.3. The molecule has 2 aromatic heterocycles. The summed E-state index contributed by atoms with van der Waals surface area (Å²) in [4.78, 5) is 29.1. The summed E-state index contributed by atoms with van der Waals surface area (Å²) in [6, 6.07) is 14.9. The van der Waals surface area contributed by atoms with Gasteiger partial charge < -0.3 is 14.6 Å². The van der Waals surface area contributed by atoms with Crippen LogP contribution in [0.15, 0.2) is 68.4 Å². The predicted molar refractivity (Wildman–Crippen MR) is 116 cm³/mol. The lowest BCUT2D eigenvalue weighted by Gasteiger charge is -2.13. The van der Waals surface area contributed by atoms with Gasteiger partial charge in [-0.2, -0.15) is 0 Å². The van der Waals surface area contributed by atoms with E-state index in [2.05, 4.69) is 26.2 Å². The molecule has 0 atom stereocenters. The molecule has 0 saturated carbocycles. The molecular weight excluding hydrogens is 474 g/mol. The first kappa shape index (κ1) is 20.2. The minimum atomic E-state index is -0.346. The third-order valence-corrected chi connectivity index (χ3v) is 4.91. The number of anilines is 1. The normalized spacial score (nSPS) is 10.9. The second-order valence-corrected chi connectivity index (χ2v) is 7.83. The van der Waals surface area contributed by atoms with Crippen LogP contribution in [-0.2, 0) is 6.61 Å². The Morgan fingerprint density at radius 2 is 2.07 bits per heavy atom. The fourth-order valence-corrected chi connectivity index (χ4v) is 3.40. The Morgan fingerprint density at radius 1 is 1.23 bits per heavy atom. The first-order chi connectivity index (χ1) is 14.4. The van der Waals surface area contributed by atoms with Crippen LogP contribution in [0.5, 0.6) is 5.75 Å². The van der Waals surface area contributed by atoms with Crippen LogP contribution in [0.4, 0.5) is 5.69 Å². The number of aromatic nitrogens is 2. The maximum absolute atomic E-state index is 12.6. The highest BCUT2D eigenvalue weighted by molar-refractivity contribution is 9.10. The molecule has 0 aliphatic carbocycles. The molecule has 9 heteroatoms. The number of rotatable bonds is 5. The standard InChI is InChI=1S/C21H15BrClN3O4/c1-12-7-19-24-16(10-20(27)26(19)30-12)11-29-18-9-15(23)5-6-17(18)25-21(28)13-3-2-4-14(22)8-13/h2-10H,11H2,1H3,(H,25,28). The first-order valence-corrected chi connectivity index (χ1v) is 10.0. The lowest BCUT2D eigenvalue weighted by molar-refractivity contribution is 0.102. The van der Waals surface area contributed by atoms with Crippen molar-refractivity contribution in [2.75, 3.05) is 5.32 Å². The molecule has 0 aliphatic heterocycles. The van der Waals surface area contributed by atoms with E-state index in [0.717, 1.165) is 9.05 Å². The van der Waals surface area contributed by atoms with E-state index in [9.17, 15) is 9.59 Å². The number of hydrogen-bond acceptors (Lipinski definition) is 5. The van der Waals surface area contributed by atoms with Crippen molar-refractivity contribution < 1.29 is 14.1 Å². The van der Waals surface area contributed by atoms with Gasteiger partial charge >= 0.3 is 0 Å². The molecular formula is C21H15BrClN3O4. The Kier molecular flexibility index (Phi) is 5.61. The van der Waals surface area contributed by atoms with Crippen LogP contribution in [0, 0.1) is 6.92 Å². The molecule has 30 heavy (non-hydrogen) atoms. The van der Waals surface area contributed by atoms with Crippen molar-refractivity contribution in [2.45, 2.75) is 13.5 Å². The lowest BCUT2D eigenvalue weighted by atomic mass is 10.2. The van der Waals surface area contributed by atoms with Crippen LogP contribution >= 0.6 is 27.5 Å². The van der Waals surface area contributed by atoms with Gasteiger partial charge in [-0.1, -0.05) is 33.6 Å². The van der Waals surface area contributed by atoms with E-state index in [0.29, 0.717) is 39.1 Å². The fraction of sp³-hybridized carbons (Fsp3) is 0.0952. The summed E-state index contributed by atoms with van der Waals surface area (Å²) >= 11 is 9.45. The van der Waals surface area contributed by atoms with Gasteiger partial charge in [0.1, 0.15) is 18.1 Å². The molecule has 4 rings (SSSR count). The number of nitrogens with one attached hydrogen (secondary N) is 1. The van der Waals surface area contributed by atoms with E-state index in [1.54, 1.807) is 49.4 Å². The molecule has 1 N–H and O–H groups in total. The van der Waals surface area contributed by atoms with Crippen LogP contribution in [0.3, 0.4) is 0 Å². The average Bonchev–Trinajstić information content (AvgIpc) is 3.09. The number of carbonyl (C=O) groups is 1. The maximum Gasteiger partial charge on any atom is 0.287 e. The van der Waals surface area contributed by atoms with Gasteiger partial charge in [0.25, 0.3) is 11.5 Å². The van der Waals surface area contributed by atoms with Gasteiger partial charge in [-0.25, -0.2) is 4.98 Å². The second kappa shape index (κ2) is 8.33. The number of hydrogen-bond donors (Lipinski definition) is 1. The van der Waals surface area contributed by atoms with E-state index in [4.69, 9.17) is 20.9 Å². The molecule has 0 fully saturated rings. The topological polar surface area (TPSA) is 85.8 Å². The summed E-state index contributed by atoms with van der Waals surface area (Å²) < 4.78 is 13.0. The van der Waals surface area contributed by atoms with E-state index in [1.165, 1.54) is 6.07 Å². The zero-order valence-corrected chi connectivity index (χ0v) is 18.0. The number of nitrogens with zero attached hydrogens (tertiary/aromatic N) is 2. The summed E-state index contributed by atoms with van der Waals surface area (Å²) in [6.45, 7) is 1.74. The maximum atomic E-state index is 12.6. The van der Waals surface area contributed by atoms with Crippen LogP contribution in [-0.4, -0.2) is 15.5 Å². The highest BCUT2D eigenvalue weighted by Crippen LogP contribution is 2.29. The van der Waals surface area contributed by atoms with Gasteiger partial charge in [-0.05, 0) is 37.3 Å². The minimum Gasteiger partial charge on any atom is -0.485 e. The van der Waals surface area contributed by atoms with Crippen molar-refractivity contribution in [2.24, 2.45) is 0 Å². The number of benzene rings is 2. The van der Waals surface area contributed by atoms with Gasteiger partial charge in [0.05, 0.1) is 11.4 Å². The van der Waals surface area contributed by atoms with Crippen molar-refractivity contribution in [3.8, 4) is 5.75 Å². The summed E-state index contributed by atoms with van der Waals surface area (Å²) in [5.74, 6) is 0.636.